The summed E-state index contributed by atoms with van der Waals surface area (Å²) in [5, 5.41) is 3.00. The van der Waals surface area contributed by atoms with Gasteiger partial charge < -0.3 is 11.1 Å². The van der Waals surface area contributed by atoms with Crippen molar-refractivity contribution in [1.29, 1.82) is 0 Å². The summed E-state index contributed by atoms with van der Waals surface area (Å²) in [6.45, 7) is 3.53. The molecule has 0 saturated heterocycles. The number of amides is 1. The second-order valence-corrected chi connectivity index (χ2v) is 4.85. The predicted molar refractivity (Wildman–Crippen MR) is 79.8 cm³/mol. The lowest BCUT2D eigenvalue weighted by molar-refractivity contribution is -0.121. The summed E-state index contributed by atoms with van der Waals surface area (Å²) in [4.78, 5) is 11.7. The van der Waals surface area contributed by atoms with E-state index in [1.165, 1.54) is 11.1 Å². The standard InChI is InChI=1S/C16H26N2O/c1-2-14-9-6-7-10-15(14)13-18-16(19)11-5-3-4-8-12-17/h6-7,9-10H,2-5,8,11-13,17H2,1H3,(H,18,19). The SMILES string of the molecule is CCc1ccccc1CNC(=O)CCCCCCN. The van der Waals surface area contributed by atoms with Gasteiger partial charge >= 0.3 is 0 Å². The highest BCUT2D eigenvalue weighted by Gasteiger charge is 2.03. The lowest BCUT2D eigenvalue weighted by atomic mass is 10.1. The van der Waals surface area contributed by atoms with Crippen molar-refractivity contribution < 1.29 is 4.79 Å². The number of nitrogens with one attached hydrogen (secondary N) is 1. The van der Waals surface area contributed by atoms with Crippen molar-refractivity contribution in [3.8, 4) is 0 Å². The molecule has 0 aliphatic rings. The largest absolute Gasteiger partial charge is 0.352 e. The van der Waals surface area contributed by atoms with Crippen molar-refractivity contribution >= 4 is 5.91 Å². The van der Waals surface area contributed by atoms with Gasteiger partial charge in [-0.15, -0.1) is 0 Å². The fraction of sp³-hybridized carbons (Fsp3) is 0.562. The third-order valence-corrected chi connectivity index (χ3v) is 3.33. The van der Waals surface area contributed by atoms with Crippen molar-refractivity contribution in [2.24, 2.45) is 5.73 Å². The number of hydrogen-bond donors (Lipinski definition) is 2. The molecule has 1 rings (SSSR count). The Morgan fingerprint density at radius 1 is 1.11 bits per heavy atom. The second-order valence-electron chi connectivity index (χ2n) is 4.85. The molecule has 1 aromatic rings. The molecule has 0 aromatic heterocycles. The van der Waals surface area contributed by atoms with Gasteiger partial charge in [0.1, 0.15) is 0 Å². The van der Waals surface area contributed by atoms with Crippen LogP contribution in [0, 0.1) is 0 Å². The average Bonchev–Trinajstić information content (AvgIpc) is 2.45. The van der Waals surface area contributed by atoms with Crippen LogP contribution < -0.4 is 11.1 Å². The van der Waals surface area contributed by atoms with Crippen LogP contribution in [0.15, 0.2) is 24.3 Å². The fourth-order valence-electron chi connectivity index (χ4n) is 2.14. The Balaban J connectivity index is 2.22. The van der Waals surface area contributed by atoms with Crippen LogP contribution in [-0.2, 0) is 17.8 Å². The molecule has 0 bridgehead atoms. The summed E-state index contributed by atoms with van der Waals surface area (Å²) >= 11 is 0. The van der Waals surface area contributed by atoms with E-state index in [2.05, 4.69) is 24.4 Å². The lowest BCUT2D eigenvalue weighted by Gasteiger charge is -2.09. The number of benzene rings is 1. The summed E-state index contributed by atoms with van der Waals surface area (Å²) in [6.07, 6.45) is 5.87. The Morgan fingerprint density at radius 2 is 1.79 bits per heavy atom. The summed E-state index contributed by atoms with van der Waals surface area (Å²) in [5.41, 5.74) is 7.97. The molecule has 0 spiro atoms. The van der Waals surface area contributed by atoms with Crippen LogP contribution in [0.1, 0.15) is 50.2 Å². The van der Waals surface area contributed by atoms with E-state index in [-0.39, 0.29) is 5.91 Å². The van der Waals surface area contributed by atoms with E-state index in [0.29, 0.717) is 13.0 Å². The van der Waals surface area contributed by atoms with E-state index in [1.807, 2.05) is 12.1 Å². The molecule has 1 aromatic carbocycles. The van der Waals surface area contributed by atoms with Crippen molar-refractivity contribution in [3.05, 3.63) is 35.4 Å². The maximum Gasteiger partial charge on any atom is 0.220 e. The Hall–Kier alpha value is -1.35. The first-order chi connectivity index (χ1) is 9.27. The zero-order valence-corrected chi connectivity index (χ0v) is 12.0. The lowest BCUT2D eigenvalue weighted by Crippen LogP contribution is -2.22. The fourth-order valence-corrected chi connectivity index (χ4v) is 2.14. The van der Waals surface area contributed by atoms with E-state index < -0.39 is 0 Å². The van der Waals surface area contributed by atoms with Crippen molar-refractivity contribution in [1.82, 2.24) is 5.32 Å². The van der Waals surface area contributed by atoms with Crippen LogP contribution in [0.5, 0.6) is 0 Å². The quantitative estimate of drug-likeness (QED) is 0.672. The molecular weight excluding hydrogens is 236 g/mol. The summed E-state index contributed by atoms with van der Waals surface area (Å²) in [6, 6.07) is 8.27. The Morgan fingerprint density at radius 3 is 2.47 bits per heavy atom. The van der Waals surface area contributed by atoms with Gasteiger partial charge in [-0.1, -0.05) is 44.0 Å². The monoisotopic (exact) mass is 262 g/mol. The van der Waals surface area contributed by atoms with Crippen LogP contribution in [-0.4, -0.2) is 12.5 Å². The number of carbonyl (C=O) groups excluding carboxylic acids is 1. The van der Waals surface area contributed by atoms with Crippen LogP contribution in [0.25, 0.3) is 0 Å². The molecule has 0 aliphatic carbocycles. The molecule has 0 aliphatic heterocycles. The highest BCUT2D eigenvalue weighted by atomic mass is 16.1. The molecule has 3 nitrogen and oxygen atoms in total. The van der Waals surface area contributed by atoms with E-state index in [1.54, 1.807) is 0 Å². The number of rotatable bonds is 9. The predicted octanol–water partition coefficient (Wildman–Crippen LogP) is 2.77. The number of carbonyl (C=O) groups is 1. The third-order valence-electron chi connectivity index (χ3n) is 3.33. The first-order valence-electron chi connectivity index (χ1n) is 7.31. The van der Waals surface area contributed by atoms with Crippen LogP contribution >= 0.6 is 0 Å². The van der Waals surface area contributed by atoms with Crippen LogP contribution in [0.2, 0.25) is 0 Å². The second kappa shape index (κ2) is 9.56. The Labute approximate surface area is 116 Å². The van der Waals surface area contributed by atoms with Crippen LogP contribution in [0.4, 0.5) is 0 Å². The van der Waals surface area contributed by atoms with Gasteiger partial charge in [0, 0.05) is 13.0 Å². The van der Waals surface area contributed by atoms with Gasteiger partial charge in [-0.3, -0.25) is 4.79 Å². The van der Waals surface area contributed by atoms with Crippen molar-refractivity contribution in [2.75, 3.05) is 6.54 Å². The van der Waals surface area contributed by atoms with E-state index in [4.69, 9.17) is 5.73 Å². The van der Waals surface area contributed by atoms with Crippen molar-refractivity contribution in [3.63, 3.8) is 0 Å². The van der Waals surface area contributed by atoms with Gasteiger partial charge in [0.2, 0.25) is 5.91 Å². The molecule has 106 valence electrons. The molecule has 3 heteroatoms. The molecule has 1 amide bonds. The minimum absolute atomic E-state index is 0.152. The molecule has 0 radical (unpaired) electrons. The Bertz CT molecular complexity index is 377. The summed E-state index contributed by atoms with van der Waals surface area (Å²) in [5.74, 6) is 0.152. The van der Waals surface area contributed by atoms with E-state index in [9.17, 15) is 4.79 Å². The van der Waals surface area contributed by atoms with Gasteiger partial charge in [-0.2, -0.15) is 0 Å². The maximum absolute atomic E-state index is 11.7. The first kappa shape index (κ1) is 15.7. The van der Waals surface area contributed by atoms with E-state index >= 15 is 0 Å². The number of nitrogens with two attached hydrogens (primary N) is 1. The minimum Gasteiger partial charge on any atom is -0.352 e. The average molecular weight is 262 g/mol. The molecule has 19 heavy (non-hydrogen) atoms. The van der Waals surface area contributed by atoms with Crippen LogP contribution in [0.3, 0.4) is 0 Å². The zero-order valence-electron chi connectivity index (χ0n) is 12.0. The normalized spacial score (nSPS) is 10.4. The maximum atomic E-state index is 11.7. The van der Waals surface area contributed by atoms with E-state index in [0.717, 1.165) is 38.6 Å². The summed E-state index contributed by atoms with van der Waals surface area (Å²) < 4.78 is 0. The molecule has 0 saturated carbocycles. The highest BCUT2D eigenvalue weighted by molar-refractivity contribution is 5.75. The van der Waals surface area contributed by atoms with Gasteiger partial charge in [0.15, 0.2) is 0 Å². The molecule has 0 unspecified atom stereocenters. The van der Waals surface area contributed by atoms with Crippen molar-refractivity contribution in [2.45, 2.75) is 52.0 Å². The van der Waals surface area contributed by atoms with Gasteiger partial charge in [0.25, 0.3) is 0 Å². The number of aryl methyl sites for hydroxylation is 1. The topological polar surface area (TPSA) is 55.1 Å². The van der Waals surface area contributed by atoms with Gasteiger partial charge in [0.05, 0.1) is 0 Å². The summed E-state index contributed by atoms with van der Waals surface area (Å²) in [7, 11) is 0. The smallest absolute Gasteiger partial charge is 0.220 e. The third kappa shape index (κ3) is 6.39. The zero-order chi connectivity index (χ0) is 13.9. The van der Waals surface area contributed by atoms with Gasteiger partial charge in [-0.05, 0) is 36.9 Å². The molecule has 3 N–H and O–H groups in total. The first-order valence-corrected chi connectivity index (χ1v) is 7.31. The number of unbranched alkanes of at least 4 members (excludes halogenated alkanes) is 3. The highest BCUT2D eigenvalue weighted by Crippen LogP contribution is 2.09. The van der Waals surface area contributed by atoms with Gasteiger partial charge in [-0.25, -0.2) is 0 Å². The molecule has 0 atom stereocenters. The molecule has 0 fully saturated rings. The number of hydrogen-bond acceptors (Lipinski definition) is 2. The minimum atomic E-state index is 0.152. The molecule has 0 heterocycles. The molecular formula is C16H26N2O. The Kier molecular flexibility index (Phi) is 7.91.